The fraction of sp³-hybridized carbons (Fsp3) is 0.130. The molecule has 0 spiro atoms. The van der Waals surface area contributed by atoms with E-state index < -0.39 is 5.97 Å². The Bertz CT molecular complexity index is 985. The monoisotopic (exact) mass is 389 g/mol. The Kier molecular flexibility index (Phi) is 5.17. The van der Waals surface area contributed by atoms with Gasteiger partial charge in [-0.3, -0.25) is 14.5 Å². The molecule has 28 heavy (non-hydrogen) atoms. The number of hydrogen-bond acceptors (Lipinski definition) is 4. The lowest BCUT2D eigenvalue weighted by atomic mass is 10.1. The fourth-order valence-corrected chi connectivity index (χ4v) is 4.16. The van der Waals surface area contributed by atoms with Gasteiger partial charge in [-0.25, -0.2) is 0 Å². The van der Waals surface area contributed by atoms with Gasteiger partial charge in [0.05, 0.1) is 17.8 Å². The third kappa shape index (κ3) is 3.80. The van der Waals surface area contributed by atoms with Crippen molar-refractivity contribution in [2.45, 2.75) is 23.1 Å². The van der Waals surface area contributed by atoms with Crippen molar-refractivity contribution in [1.29, 1.82) is 0 Å². The van der Waals surface area contributed by atoms with Crippen molar-refractivity contribution in [3.05, 3.63) is 83.9 Å². The highest BCUT2D eigenvalue weighted by Crippen LogP contribution is 2.47. The van der Waals surface area contributed by atoms with Crippen molar-refractivity contribution in [1.82, 2.24) is 0 Å². The number of carbonyl (C=O) groups excluding carboxylic acids is 2. The zero-order chi connectivity index (χ0) is 19.5. The third-order valence-electron chi connectivity index (χ3n) is 4.51. The van der Waals surface area contributed by atoms with E-state index in [1.54, 1.807) is 16.7 Å². The van der Waals surface area contributed by atoms with Gasteiger partial charge in [-0.2, -0.15) is 0 Å². The highest BCUT2D eigenvalue weighted by molar-refractivity contribution is 7.99. The lowest BCUT2D eigenvalue weighted by molar-refractivity contribution is -0.147. The Morgan fingerprint density at radius 1 is 0.857 bits per heavy atom. The standard InChI is InChI=1S/C23H19NO3S/c1-16-10-12-17(13-11-16)14-23(26)27-15-22(25)24-18-6-2-4-8-20(18)28-21-9-5-3-7-19(21)24/h2-13H,14-15H2,1H3. The molecule has 0 saturated heterocycles. The molecule has 1 aliphatic rings. The normalized spacial score (nSPS) is 12.1. The van der Waals surface area contributed by atoms with Gasteiger partial charge in [0.15, 0.2) is 6.61 Å². The third-order valence-corrected chi connectivity index (χ3v) is 5.64. The predicted octanol–water partition coefficient (Wildman–Crippen LogP) is 4.91. The van der Waals surface area contributed by atoms with Crippen LogP contribution in [0.4, 0.5) is 11.4 Å². The van der Waals surface area contributed by atoms with Crippen LogP contribution in [0.5, 0.6) is 0 Å². The van der Waals surface area contributed by atoms with Crippen molar-refractivity contribution in [2.75, 3.05) is 11.5 Å². The van der Waals surface area contributed by atoms with Crippen LogP contribution in [-0.2, 0) is 20.7 Å². The molecule has 0 atom stereocenters. The van der Waals surface area contributed by atoms with Gasteiger partial charge < -0.3 is 4.74 Å². The number of para-hydroxylation sites is 2. The lowest BCUT2D eigenvalue weighted by Crippen LogP contribution is -2.32. The summed E-state index contributed by atoms with van der Waals surface area (Å²) in [6.45, 7) is 1.70. The van der Waals surface area contributed by atoms with Gasteiger partial charge in [-0.05, 0) is 36.8 Å². The van der Waals surface area contributed by atoms with Gasteiger partial charge in [0, 0.05) is 9.79 Å². The van der Waals surface area contributed by atoms with Crippen molar-refractivity contribution in [3.8, 4) is 0 Å². The van der Waals surface area contributed by atoms with Crippen molar-refractivity contribution >= 4 is 35.0 Å². The molecule has 4 rings (SSSR count). The van der Waals surface area contributed by atoms with E-state index >= 15 is 0 Å². The highest BCUT2D eigenvalue weighted by atomic mass is 32.2. The lowest BCUT2D eigenvalue weighted by Gasteiger charge is -2.30. The summed E-state index contributed by atoms with van der Waals surface area (Å²) < 4.78 is 5.28. The first kappa shape index (κ1) is 18.3. The van der Waals surface area contributed by atoms with Crippen LogP contribution in [0, 0.1) is 6.92 Å². The molecule has 0 radical (unpaired) electrons. The summed E-state index contributed by atoms with van der Waals surface area (Å²) in [4.78, 5) is 28.8. The summed E-state index contributed by atoms with van der Waals surface area (Å²) in [5.74, 6) is -0.678. The van der Waals surface area contributed by atoms with Crippen LogP contribution in [0.3, 0.4) is 0 Å². The van der Waals surface area contributed by atoms with Crippen LogP contribution in [0.25, 0.3) is 0 Å². The zero-order valence-electron chi connectivity index (χ0n) is 15.4. The van der Waals surface area contributed by atoms with Crippen LogP contribution in [-0.4, -0.2) is 18.5 Å². The SMILES string of the molecule is Cc1ccc(CC(=O)OCC(=O)N2c3ccccc3Sc3ccccc32)cc1. The number of amides is 1. The molecule has 0 N–H and O–H groups in total. The quantitative estimate of drug-likeness (QED) is 0.595. The maximum absolute atomic E-state index is 13.0. The van der Waals surface area contributed by atoms with Crippen LogP contribution in [0.2, 0.25) is 0 Å². The molecule has 3 aromatic rings. The maximum atomic E-state index is 13.0. The topological polar surface area (TPSA) is 46.6 Å². The molecule has 0 fully saturated rings. The number of ether oxygens (including phenoxy) is 1. The zero-order valence-corrected chi connectivity index (χ0v) is 16.2. The van der Waals surface area contributed by atoms with E-state index in [9.17, 15) is 9.59 Å². The van der Waals surface area contributed by atoms with Gasteiger partial charge in [0.2, 0.25) is 0 Å². The summed E-state index contributed by atoms with van der Waals surface area (Å²) >= 11 is 1.63. The minimum atomic E-state index is -0.412. The molecule has 0 saturated carbocycles. The molecule has 4 nitrogen and oxygen atoms in total. The van der Waals surface area contributed by atoms with Gasteiger partial charge in [-0.1, -0.05) is 65.9 Å². The van der Waals surface area contributed by atoms with Gasteiger partial charge in [0.1, 0.15) is 0 Å². The second-order valence-corrected chi connectivity index (χ2v) is 7.67. The fourth-order valence-electron chi connectivity index (χ4n) is 3.10. The molecular formula is C23H19NO3S. The molecule has 1 aliphatic heterocycles. The van der Waals surface area contributed by atoms with Crippen molar-refractivity contribution in [2.24, 2.45) is 0 Å². The number of aryl methyl sites for hydroxylation is 1. The van der Waals surface area contributed by atoms with E-state index in [0.29, 0.717) is 0 Å². The molecule has 140 valence electrons. The number of fused-ring (bicyclic) bond motifs is 2. The number of anilines is 2. The van der Waals surface area contributed by atoms with E-state index in [-0.39, 0.29) is 18.9 Å². The Labute approximate surface area is 168 Å². The van der Waals surface area contributed by atoms with Crippen molar-refractivity contribution < 1.29 is 14.3 Å². The van der Waals surface area contributed by atoms with Crippen LogP contribution < -0.4 is 4.90 Å². The van der Waals surface area contributed by atoms with Crippen LogP contribution >= 0.6 is 11.8 Å². The maximum Gasteiger partial charge on any atom is 0.310 e. The van der Waals surface area contributed by atoms with Crippen molar-refractivity contribution in [3.63, 3.8) is 0 Å². The number of esters is 1. The summed E-state index contributed by atoms with van der Waals surface area (Å²) in [5.41, 5.74) is 3.62. The Morgan fingerprint density at radius 3 is 2.04 bits per heavy atom. The first-order valence-corrected chi connectivity index (χ1v) is 9.83. The number of benzene rings is 3. The van der Waals surface area contributed by atoms with E-state index in [4.69, 9.17) is 4.74 Å². The van der Waals surface area contributed by atoms with Gasteiger partial charge >= 0.3 is 5.97 Å². The molecule has 0 unspecified atom stereocenters. The average molecular weight is 389 g/mol. The number of rotatable bonds is 4. The number of carbonyl (C=O) groups is 2. The summed E-state index contributed by atoms with van der Waals surface area (Å²) in [5, 5.41) is 0. The Morgan fingerprint density at radius 2 is 1.43 bits per heavy atom. The summed E-state index contributed by atoms with van der Waals surface area (Å²) in [7, 11) is 0. The molecular weight excluding hydrogens is 370 g/mol. The number of hydrogen-bond donors (Lipinski definition) is 0. The first-order chi connectivity index (χ1) is 13.6. The molecule has 5 heteroatoms. The smallest absolute Gasteiger partial charge is 0.310 e. The predicted molar refractivity (Wildman–Crippen MR) is 110 cm³/mol. The highest BCUT2D eigenvalue weighted by Gasteiger charge is 2.28. The molecule has 0 aromatic heterocycles. The Hall–Kier alpha value is -3.05. The molecule has 1 amide bonds. The molecule has 0 aliphatic carbocycles. The molecule has 1 heterocycles. The minimum Gasteiger partial charge on any atom is -0.455 e. The molecule has 3 aromatic carbocycles. The van der Waals surface area contributed by atoms with E-state index in [1.807, 2.05) is 79.7 Å². The first-order valence-electron chi connectivity index (χ1n) is 9.02. The Balaban J connectivity index is 1.49. The van der Waals surface area contributed by atoms with E-state index in [1.165, 1.54) is 0 Å². The van der Waals surface area contributed by atoms with E-state index in [2.05, 4.69) is 0 Å². The largest absolute Gasteiger partial charge is 0.455 e. The van der Waals surface area contributed by atoms with Crippen LogP contribution in [0.1, 0.15) is 11.1 Å². The summed E-state index contributed by atoms with van der Waals surface area (Å²) in [6.07, 6.45) is 0.149. The minimum absolute atomic E-state index is 0.149. The van der Waals surface area contributed by atoms with Crippen LogP contribution in [0.15, 0.2) is 82.6 Å². The van der Waals surface area contributed by atoms with Gasteiger partial charge in [0.25, 0.3) is 5.91 Å². The number of nitrogens with zero attached hydrogens (tertiary/aromatic N) is 1. The average Bonchev–Trinajstić information content (AvgIpc) is 2.72. The molecule has 0 bridgehead atoms. The summed E-state index contributed by atoms with van der Waals surface area (Å²) in [6, 6.07) is 23.2. The second-order valence-electron chi connectivity index (χ2n) is 6.59. The van der Waals surface area contributed by atoms with Gasteiger partial charge in [-0.15, -0.1) is 0 Å². The second kappa shape index (κ2) is 7.90. The van der Waals surface area contributed by atoms with E-state index in [0.717, 1.165) is 32.3 Å².